The molecule has 0 bridgehead atoms. The Morgan fingerprint density at radius 3 is 2.50 bits per heavy atom. The highest BCUT2D eigenvalue weighted by atomic mass is 35.5. The van der Waals surface area contributed by atoms with Gasteiger partial charge in [0.2, 0.25) is 0 Å². The van der Waals surface area contributed by atoms with Gasteiger partial charge in [-0.1, -0.05) is 29.0 Å². The molecule has 0 aliphatic carbocycles. The number of aromatic nitrogens is 1. The second-order valence-electron chi connectivity index (χ2n) is 5.59. The number of fused-ring (bicyclic) bond motifs is 1. The van der Waals surface area contributed by atoms with Crippen LogP contribution >= 0.6 is 11.6 Å². The number of nitrogens with zero attached hydrogens (tertiary/aromatic N) is 2. The lowest BCUT2D eigenvalue weighted by molar-refractivity contribution is 0.299. The summed E-state index contributed by atoms with van der Waals surface area (Å²) in [4.78, 5) is 0. The van der Waals surface area contributed by atoms with Crippen molar-refractivity contribution in [2.75, 3.05) is 6.61 Å². The smallest absolute Gasteiger partial charge is 0.148 e. The summed E-state index contributed by atoms with van der Waals surface area (Å²) >= 11 is 6.01. The Balaban J connectivity index is 2.47. The zero-order chi connectivity index (χ0) is 17.3. The number of aliphatic hydroxyl groups is 1. The molecule has 0 aliphatic rings. The molecule has 0 saturated carbocycles. The van der Waals surface area contributed by atoms with Gasteiger partial charge in [0.1, 0.15) is 5.49 Å². The van der Waals surface area contributed by atoms with Gasteiger partial charge in [0, 0.05) is 17.0 Å². The molecule has 0 spiro atoms. The van der Waals surface area contributed by atoms with Crippen molar-refractivity contribution in [1.29, 1.82) is 10.9 Å². The van der Waals surface area contributed by atoms with E-state index in [1.165, 1.54) is 4.68 Å². The standard InChI is InChI=1S/C18H17ClN4O/c1-11-10-16-15(6-7-17(20)23(16)22-21)18(14(11)8-9-24)12-2-4-13(19)5-3-12/h2-7,10,20-21,24H,8-9H2,1H3. The average molecular weight is 341 g/mol. The van der Waals surface area contributed by atoms with Gasteiger partial charge in [-0.05, 0) is 65.9 Å². The maximum Gasteiger partial charge on any atom is 0.148 e. The van der Waals surface area contributed by atoms with E-state index in [0.717, 1.165) is 27.6 Å². The Labute approximate surface area is 144 Å². The number of hydrogen-bond acceptors (Lipinski definition) is 4. The van der Waals surface area contributed by atoms with E-state index in [2.05, 4.69) is 5.22 Å². The van der Waals surface area contributed by atoms with Crippen LogP contribution in [0.2, 0.25) is 5.02 Å². The Morgan fingerprint density at radius 2 is 1.88 bits per heavy atom. The molecule has 3 N–H and O–H groups in total. The van der Waals surface area contributed by atoms with Gasteiger partial charge in [-0.25, -0.2) is 0 Å². The number of hydrogen-bond donors (Lipinski definition) is 3. The molecule has 122 valence electrons. The predicted molar refractivity (Wildman–Crippen MR) is 94.3 cm³/mol. The second-order valence-corrected chi connectivity index (χ2v) is 6.03. The molecule has 1 aromatic heterocycles. The minimum atomic E-state index is 0.0479. The van der Waals surface area contributed by atoms with E-state index >= 15 is 0 Å². The lowest BCUT2D eigenvalue weighted by Gasteiger charge is -2.17. The molecule has 0 unspecified atom stereocenters. The molecule has 0 radical (unpaired) electrons. The topological polar surface area (TPSA) is 85.2 Å². The zero-order valence-electron chi connectivity index (χ0n) is 13.2. The van der Waals surface area contributed by atoms with E-state index < -0.39 is 0 Å². The third-order valence-corrected chi connectivity index (χ3v) is 4.39. The molecule has 3 aromatic rings. The summed E-state index contributed by atoms with van der Waals surface area (Å²) in [6.45, 7) is 2.01. The fourth-order valence-corrected chi connectivity index (χ4v) is 3.18. The summed E-state index contributed by atoms with van der Waals surface area (Å²) in [7, 11) is 0. The van der Waals surface area contributed by atoms with Crippen molar-refractivity contribution >= 4 is 22.5 Å². The number of aliphatic hydroxyl groups excluding tert-OH is 1. The van der Waals surface area contributed by atoms with E-state index in [9.17, 15) is 5.11 Å². The molecule has 0 aliphatic heterocycles. The lowest BCUT2D eigenvalue weighted by atomic mass is 9.90. The highest BCUT2D eigenvalue weighted by molar-refractivity contribution is 6.30. The van der Waals surface area contributed by atoms with E-state index in [0.29, 0.717) is 17.0 Å². The van der Waals surface area contributed by atoms with Gasteiger partial charge in [-0.2, -0.15) is 10.2 Å². The van der Waals surface area contributed by atoms with Gasteiger partial charge in [-0.15, -0.1) is 0 Å². The molecule has 5 nitrogen and oxygen atoms in total. The molecule has 2 aromatic carbocycles. The first kappa shape index (κ1) is 16.4. The first-order valence-corrected chi connectivity index (χ1v) is 7.92. The molecule has 0 saturated heterocycles. The van der Waals surface area contributed by atoms with Crippen LogP contribution in [0.4, 0.5) is 0 Å². The van der Waals surface area contributed by atoms with Crippen molar-refractivity contribution in [1.82, 2.24) is 4.68 Å². The van der Waals surface area contributed by atoms with Gasteiger partial charge in [0.15, 0.2) is 0 Å². The SMILES string of the molecule is Cc1cc2c(ccc(=N)n2N=N)c(-c2ccc(Cl)cc2)c1CCO. The first-order valence-electron chi connectivity index (χ1n) is 7.54. The van der Waals surface area contributed by atoms with Gasteiger partial charge in [0.25, 0.3) is 0 Å². The maximum absolute atomic E-state index is 9.47. The van der Waals surface area contributed by atoms with E-state index in [1.54, 1.807) is 6.07 Å². The predicted octanol–water partition coefficient (Wildman–Crippen LogP) is 4.08. The Hall–Kier alpha value is -2.50. The molecule has 1 heterocycles. The number of pyridine rings is 1. The second kappa shape index (κ2) is 6.55. The van der Waals surface area contributed by atoms with E-state index in [4.69, 9.17) is 22.5 Å². The number of rotatable bonds is 4. The molecule has 0 fully saturated rings. The summed E-state index contributed by atoms with van der Waals surface area (Å²) in [6.07, 6.45) is 0.528. The van der Waals surface area contributed by atoms with Crippen LogP contribution in [0.1, 0.15) is 11.1 Å². The fraction of sp³-hybridized carbons (Fsp3) is 0.167. The normalized spacial score (nSPS) is 11.0. The molecule has 6 heteroatoms. The average Bonchev–Trinajstić information content (AvgIpc) is 2.57. The van der Waals surface area contributed by atoms with Crippen LogP contribution in [0.3, 0.4) is 0 Å². The van der Waals surface area contributed by atoms with Crippen LogP contribution in [0.25, 0.3) is 22.0 Å². The summed E-state index contributed by atoms with van der Waals surface area (Å²) in [5, 5.41) is 22.4. The van der Waals surface area contributed by atoms with Crippen molar-refractivity contribution in [3.63, 3.8) is 0 Å². The fourth-order valence-electron chi connectivity index (χ4n) is 3.05. The molecule has 24 heavy (non-hydrogen) atoms. The summed E-state index contributed by atoms with van der Waals surface area (Å²) in [5.74, 6) is 0. The van der Waals surface area contributed by atoms with Crippen LogP contribution in [0.15, 0.2) is 47.7 Å². The first-order chi connectivity index (χ1) is 11.6. The Kier molecular flexibility index (Phi) is 4.46. The number of halogens is 1. The quantitative estimate of drug-likeness (QED) is 0.614. The van der Waals surface area contributed by atoms with Crippen molar-refractivity contribution in [3.8, 4) is 11.1 Å². The third kappa shape index (κ3) is 2.72. The van der Waals surface area contributed by atoms with Crippen molar-refractivity contribution < 1.29 is 5.11 Å². The van der Waals surface area contributed by atoms with Crippen molar-refractivity contribution in [3.05, 3.63) is 64.1 Å². The molecule has 0 amide bonds. The highest BCUT2D eigenvalue weighted by Crippen LogP contribution is 2.35. The van der Waals surface area contributed by atoms with Gasteiger partial charge < -0.3 is 5.11 Å². The summed E-state index contributed by atoms with van der Waals surface area (Å²) < 4.78 is 1.30. The van der Waals surface area contributed by atoms with Gasteiger partial charge >= 0.3 is 0 Å². The Morgan fingerprint density at radius 1 is 1.17 bits per heavy atom. The van der Waals surface area contributed by atoms with Crippen LogP contribution in [0, 0.1) is 17.9 Å². The third-order valence-electron chi connectivity index (χ3n) is 4.14. The van der Waals surface area contributed by atoms with E-state index in [-0.39, 0.29) is 12.1 Å². The molecule has 3 rings (SSSR count). The van der Waals surface area contributed by atoms with Crippen LogP contribution in [0.5, 0.6) is 0 Å². The van der Waals surface area contributed by atoms with Gasteiger partial charge in [0.05, 0.1) is 5.52 Å². The monoisotopic (exact) mass is 340 g/mol. The van der Waals surface area contributed by atoms with Crippen molar-refractivity contribution in [2.45, 2.75) is 13.3 Å². The molecular weight excluding hydrogens is 324 g/mol. The number of benzene rings is 2. The lowest BCUT2D eigenvalue weighted by Crippen LogP contribution is -2.15. The Bertz CT molecular complexity index is 977. The highest BCUT2D eigenvalue weighted by Gasteiger charge is 2.15. The minimum Gasteiger partial charge on any atom is -0.396 e. The molecule has 0 atom stereocenters. The molecular formula is C18H17ClN4O. The van der Waals surface area contributed by atoms with E-state index in [1.807, 2.05) is 43.3 Å². The number of aryl methyl sites for hydroxylation is 1. The summed E-state index contributed by atoms with van der Waals surface area (Å²) in [6, 6.07) is 12.9. The van der Waals surface area contributed by atoms with Crippen LogP contribution in [-0.2, 0) is 6.42 Å². The maximum atomic E-state index is 9.47. The largest absolute Gasteiger partial charge is 0.396 e. The van der Waals surface area contributed by atoms with Crippen LogP contribution in [-0.4, -0.2) is 16.4 Å². The van der Waals surface area contributed by atoms with Gasteiger partial charge in [-0.3, -0.25) is 5.41 Å². The van der Waals surface area contributed by atoms with Crippen LogP contribution < -0.4 is 5.49 Å². The zero-order valence-corrected chi connectivity index (χ0v) is 13.9. The van der Waals surface area contributed by atoms with Crippen molar-refractivity contribution in [2.24, 2.45) is 5.22 Å². The minimum absolute atomic E-state index is 0.0479. The summed E-state index contributed by atoms with van der Waals surface area (Å²) in [5.41, 5.74) is 12.2. The number of nitrogens with one attached hydrogen (secondary N) is 2.